The lowest BCUT2D eigenvalue weighted by Gasteiger charge is -2.25. The van der Waals surface area contributed by atoms with Gasteiger partial charge in [0.05, 0.1) is 39.9 Å². The van der Waals surface area contributed by atoms with Crippen molar-refractivity contribution >= 4 is 13.7 Å². The van der Waals surface area contributed by atoms with Crippen molar-refractivity contribution in [3.8, 4) is 0 Å². The molecule has 0 spiro atoms. The Balaban J connectivity index is 4.74. The van der Waals surface area contributed by atoms with Gasteiger partial charge in [-0.3, -0.25) is 13.8 Å². The Kier molecular flexibility index (Phi) is 15.2. The van der Waals surface area contributed by atoms with Gasteiger partial charge in [-0.05, 0) is 25.7 Å². The van der Waals surface area contributed by atoms with E-state index in [0.717, 1.165) is 25.7 Å². The van der Waals surface area contributed by atoms with Gasteiger partial charge in [0.15, 0.2) is 0 Å². The summed E-state index contributed by atoms with van der Waals surface area (Å²) in [6.07, 6.45) is 11.3. The van der Waals surface area contributed by atoms with E-state index in [9.17, 15) is 19.4 Å². The molecule has 3 unspecified atom stereocenters. The molecule has 0 rings (SSSR count). The largest absolute Gasteiger partial charge is 0.472 e. The smallest absolute Gasteiger partial charge is 0.387 e. The second kappa shape index (κ2) is 15.7. The molecule has 0 aliphatic carbocycles. The molecule has 0 radical (unpaired) electrons. The molecule has 0 aromatic carbocycles. The number of rotatable bonds is 17. The van der Waals surface area contributed by atoms with Gasteiger partial charge in [0.2, 0.25) is 5.91 Å². The van der Waals surface area contributed by atoms with E-state index in [1.165, 1.54) is 0 Å². The fourth-order valence-corrected chi connectivity index (χ4v) is 3.07. The third-order valence-corrected chi connectivity index (χ3v) is 5.11. The predicted octanol–water partition coefficient (Wildman–Crippen LogP) is 3.16. The molecule has 0 heterocycles. The highest BCUT2D eigenvalue weighted by molar-refractivity contribution is 7.47. The lowest BCUT2D eigenvalue weighted by Crippen LogP contribution is -2.45. The Morgan fingerprint density at radius 2 is 1.70 bits per heavy atom. The number of phosphoric acid groups is 1. The number of carbonyl (C=O) groups excluding carboxylic acids is 1. The van der Waals surface area contributed by atoms with Crippen molar-refractivity contribution in [1.82, 2.24) is 5.32 Å². The summed E-state index contributed by atoms with van der Waals surface area (Å²) in [5.41, 5.74) is 0. The Hall–Kier alpha value is -1.02. The number of unbranched alkanes of at least 4 members (excludes halogenated alkanes) is 2. The Morgan fingerprint density at radius 3 is 2.30 bits per heavy atom. The van der Waals surface area contributed by atoms with Crippen molar-refractivity contribution in [2.75, 3.05) is 40.9 Å². The van der Waals surface area contributed by atoms with Crippen LogP contribution < -0.4 is 5.32 Å². The highest BCUT2D eigenvalue weighted by Crippen LogP contribution is 2.43. The zero-order valence-electron chi connectivity index (χ0n) is 19.2. The number of hydrogen-bond acceptors (Lipinski definition) is 5. The second-order valence-corrected chi connectivity index (χ2v) is 9.75. The van der Waals surface area contributed by atoms with Gasteiger partial charge in [0.25, 0.3) is 0 Å². The number of likely N-dealkylation sites (N-methyl/N-ethyl adjacent to an activating group) is 1. The zero-order valence-corrected chi connectivity index (χ0v) is 20.1. The number of carbonyl (C=O) groups is 1. The maximum atomic E-state index is 12.1. The standard InChI is InChI=1S/C21H41N2O6P/c1-6-8-9-10-11-12-13-15-20(24)19(22-21(25)14-7-2)18-29-30(26,27)28-17-16-23(3,4)5/h9-10,13,15,19-20,24H,6-8,11-12,14,16-18H2,1-5H3,(H-,22,25,26,27)/p+1/b10-9+,15-13+. The molecule has 0 saturated heterocycles. The van der Waals surface area contributed by atoms with Crippen LogP contribution in [0.25, 0.3) is 0 Å². The van der Waals surface area contributed by atoms with Gasteiger partial charge in [-0.1, -0.05) is 44.6 Å². The number of amides is 1. The van der Waals surface area contributed by atoms with Crippen LogP contribution in [0.5, 0.6) is 0 Å². The van der Waals surface area contributed by atoms with Crippen LogP contribution in [0.1, 0.15) is 52.4 Å². The van der Waals surface area contributed by atoms with Crippen LogP contribution in [0, 0.1) is 0 Å². The van der Waals surface area contributed by atoms with Gasteiger partial charge in [0, 0.05) is 6.42 Å². The number of quaternary nitrogens is 1. The summed E-state index contributed by atoms with van der Waals surface area (Å²) in [7, 11) is 1.53. The minimum Gasteiger partial charge on any atom is -0.387 e. The first-order valence-corrected chi connectivity index (χ1v) is 12.2. The monoisotopic (exact) mass is 449 g/mol. The summed E-state index contributed by atoms with van der Waals surface area (Å²) in [4.78, 5) is 21.8. The molecule has 8 nitrogen and oxygen atoms in total. The molecular weight excluding hydrogens is 407 g/mol. The third-order valence-electron chi connectivity index (χ3n) is 4.12. The molecule has 3 N–H and O–H groups in total. The first-order chi connectivity index (χ1) is 14.0. The Morgan fingerprint density at radius 1 is 1.07 bits per heavy atom. The number of phosphoric ester groups is 1. The van der Waals surface area contributed by atoms with Crippen LogP contribution in [-0.2, 0) is 18.4 Å². The highest BCUT2D eigenvalue weighted by Gasteiger charge is 2.27. The van der Waals surface area contributed by atoms with Crippen molar-refractivity contribution in [3.63, 3.8) is 0 Å². The molecule has 0 fully saturated rings. The molecule has 0 aromatic rings. The Labute approximate surface area is 182 Å². The molecule has 0 saturated carbocycles. The molecule has 30 heavy (non-hydrogen) atoms. The number of hydrogen-bond donors (Lipinski definition) is 3. The van der Waals surface area contributed by atoms with Gasteiger partial charge in [0.1, 0.15) is 13.2 Å². The van der Waals surface area contributed by atoms with E-state index in [1.54, 1.807) is 6.08 Å². The summed E-state index contributed by atoms with van der Waals surface area (Å²) in [6.45, 7) is 4.24. The SMILES string of the molecule is CCC/C=C/CC/C=C/C(O)C(COP(=O)(O)OCC[N+](C)(C)C)NC(=O)CCC. The summed E-state index contributed by atoms with van der Waals surface area (Å²) in [6, 6.07) is -0.849. The van der Waals surface area contributed by atoms with Gasteiger partial charge in [-0.25, -0.2) is 4.57 Å². The van der Waals surface area contributed by atoms with Crippen LogP contribution >= 0.6 is 7.82 Å². The van der Waals surface area contributed by atoms with E-state index in [0.29, 0.717) is 23.9 Å². The first kappa shape index (κ1) is 29.0. The summed E-state index contributed by atoms with van der Waals surface area (Å²) < 4.78 is 22.7. The normalized spacial score (nSPS) is 16.6. The van der Waals surface area contributed by atoms with Crippen molar-refractivity contribution in [2.45, 2.75) is 64.5 Å². The van der Waals surface area contributed by atoms with Crippen molar-refractivity contribution < 1.29 is 32.9 Å². The highest BCUT2D eigenvalue weighted by atomic mass is 31.2. The first-order valence-electron chi connectivity index (χ1n) is 10.7. The summed E-state index contributed by atoms with van der Waals surface area (Å²) in [5, 5.41) is 13.1. The van der Waals surface area contributed by atoms with Crippen LogP contribution in [0.15, 0.2) is 24.3 Å². The van der Waals surface area contributed by atoms with E-state index in [2.05, 4.69) is 24.4 Å². The second-order valence-electron chi connectivity index (χ2n) is 8.29. The van der Waals surface area contributed by atoms with Gasteiger partial charge < -0.3 is 19.8 Å². The van der Waals surface area contributed by atoms with E-state index >= 15 is 0 Å². The summed E-state index contributed by atoms with van der Waals surface area (Å²) in [5.74, 6) is -0.250. The van der Waals surface area contributed by atoms with Gasteiger partial charge in [-0.15, -0.1) is 0 Å². The van der Waals surface area contributed by atoms with Crippen molar-refractivity contribution in [2.24, 2.45) is 0 Å². The molecule has 0 aliphatic rings. The average Bonchev–Trinajstić information content (AvgIpc) is 2.63. The quantitative estimate of drug-likeness (QED) is 0.136. The fourth-order valence-electron chi connectivity index (χ4n) is 2.34. The van der Waals surface area contributed by atoms with Crippen LogP contribution in [0.4, 0.5) is 0 Å². The maximum Gasteiger partial charge on any atom is 0.472 e. The number of nitrogens with one attached hydrogen (secondary N) is 1. The molecule has 0 aliphatic heterocycles. The van der Waals surface area contributed by atoms with Crippen LogP contribution in [0.2, 0.25) is 0 Å². The minimum atomic E-state index is -4.28. The van der Waals surface area contributed by atoms with Gasteiger partial charge >= 0.3 is 7.82 Å². The van der Waals surface area contributed by atoms with E-state index in [1.807, 2.05) is 34.1 Å². The minimum absolute atomic E-state index is 0.0537. The molecule has 0 aromatic heterocycles. The van der Waals surface area contributed by atoms with Crippen LogP contribution in [-0.4, -0.2) is 73.4 Å². The fraction of sp³-hybridized carbons (Fsp3) is 0.762. The number of aliphatic hydroxyl groups is 1. The molecular formula is C21H42N2O6P+. The molecule has 1 amide bonds. The molecule has 9 heteroatoms. The Bertz CT molecular complexity index is 574. The van der Waals surface area contributed by atoms with Crippen LogP contribution in [0.3, 0.4) is 0 Å². The van der Waals surface area contributed by atoms with Crippen molar-refractivity contribution in [1.29, 1.82) is 0 Å². The van der Waals surface area contributed by atoms with Crippen molar-refractivity contribution in [3.05, 3.63) is 24.3 Å². The van der Waals surface area contributed by atoms with E-state index in [4.69, 9.17) is 9.05 Å². The molecule has 0 bridgehead atoms. The predicted molar refractivity (Wildman–Crippen MR) is 120 cm³/mol. The molecule has 176 valence electrons. The van der Waals surface area contributed by atoms with E-state index < -0.39 is 20.0 Å². The lowest BCUT2D eigenvalue weighted by molar-refractivity contribution is -0.870. The molecule has 3 atom stereocenters. The average molecular weight is 450 g/mol. The third kappa shape index (κ3) is 16.7. The topological polar surface area (TPSA) is 105 Å². The van der Waals surface area contributed by atoms with E-state index in [-0.39, 0.29) is 19.1 Å². The number of allylic oxidation sites excluding steroid dienone is 3. The lowest BCUT2D eigenvalue weighted by atomic mass is 10.1. The summed E-state index contributed by atoms with van der Waals surface area (Å²) >= 11 is 0. The number of nitrogens with zero attached hydrogens (tertiary/aromatic N) is 1. The maximum absolute atomic E-state index is 12.1. The zero-order chi connectivity index (χ0) is 23.0. The van der Waals surface area contributed by atoms with Gasteiger partial charge in [-0.2, -0.15) is 0 Å². The number of aliphatic hydroxyl groups excluding tert-OH is 1.